The molecular weight excluding hydrogens is 380 g/mol. The Morgan fingerprint density at radius 3 is 2.29 bits per heavy atom. The van der Waals surface area contributed by atoms with E-state index in [1.165, 1.54) is 5.56 Å². The van der Waals surface area contributed by atoms with Crippen molar-refractivity contribution in [2.45, 2.75) is 30.2 Å². The summed E-state index contributed by atoms with van der Waals surface area (Å²) in [4.78, 5) is 17.5. The minimum absolute atomic E-state index is 0.0605. The van der Waals surface area contributed by atoms with E-state index in [2.05, 4.69) is 22.3 Å². The molecule has 2 aromatic rings. The second-order valence-electron chi connectivity index (χ2n) is 6.86. The Morgan fingerprint density at radius 1 is 1.04 bits per heavy atom. The Morgan fingerprint density at radius 2 is 1.68 bits per heavy atom. The third kappa shape index (κ3) is 5.94. The van der Waals surface area contributed by atoms with Crippen LogP contribution in [0.1, 0.15) is 12.5 Å². The quantitative estimate of drug-likeness (QED) is 0.702. The fraction of sp³-hybridized carbons (Fsp3) is 0.381. The van der Waals surface area contributed by atoms with Crippen LogP contribution in [0.2, 0.25) is 0 Å². The lowest BCUT2D eigenvalue weighted by Gasteiger charge is -2.36. The molecule has 0 bridgehead atoms. The summed E-state index contributed by atoms with van der Waals surface area (Å²) < 4.78 is 24.8. The van der Waals surface area contributed by atoms with E-state index >= 15 is 0 Å². The molecule has 2 aromatic carbocycles. The predicted molar refractivity (Wildman–Crippen MR) is 110 cm³/mol. The van der Waals surface area contributed by atoms with Gasteiger partial charge in [0.1, 0.15) is 6.04 Å². The Bertz CT molecular complexity index is 750. The molecule has 3 rings (SSSR count). The minimum atomic E-state index is -2.43. The second kappa shape index (κ2) is 9.89. The number of nitrogens with zero attached hydrogens (tertiary/aromatic N) is 2. The molecule has 150 valence electrons. The van der Waals surface area contributed by atoms with Crippen LogP contribution in [0.4, 0.5) is 14.5 Å². The van der Waals surface area contributed by atoms with Crippen molar-refractivity contribution in [1.82, 2.24) is 9.80 Å². The van der Waals surface area contributed by atoms with Gasteiger partial charge in [-0.3, -0.25) is 9.69 Å². The number of alkyl halides is 2. The van der Waals surface area contributed by atoms with Crippen LogP contribution in [0.3, 0.4) is 0 Å². The predicted octanol–water partition coefficient (Wildman–Crippen LogP) is 4.15. The highest BCUT2D eigenvalue weighted by molar-refractivity contribution is 7.99. The third-order valence-electron chi connectivity index (χ3n) is 4.77. The number of thioether (sulfide) groups is 1. The molecule has 0 aliphatic carbocycles. The van der Waals surface area contributed by atoms with Crippen LogP contribution in [0.15, 0.2) is 59.5 Å². The van der Waals surface area contributed by atoms with Crippen LogP contribution in [0.5, 0.6) is 0 Å². The van der Waals surface area contributed by atoms with E-state index in [9.17, 15) is 13.6 Å². The molecule has 1 saturated heterocycles. The van der Waals surface area contributed by atoms with Gasteiger partial charge in [-0.15, -0.1) is 0 Å². The van der Waals surface area contributed by atoms with Crippen molar-refractivity contribution >= 4 is 23.4 Å². The van der Waals surface area contributed by atoms with E-state index in [1.54, 1.807) is 24.3 Å². The number of nitrogens with one attached hydrogen (secondary N) is 1. The molecule has 7 heteroatoms. The van der Waals surface area contributed by atoms with Crippen LogP contribution in [-0.4, -0.2) is 53.7 Å². The molecule has 0 spiro atoms. The highest BCUT2D eigenvalue weighted by atomic mass is 32.2. The van der Waals surface area contributed by atoms with Crippen LogP contribution in [-0.2, 0) is 11.3 Å². The van der Waals surface area contributed by atoms with E-state index in [4.69, 9.17) is 0 Å². The van der Waals surface area contributed by atoms with E-state index in [1.807, 2.05) is 30.0 Å². The fourth-order valence-electron chi connectivity index (χ4n) is 3.29. The molecule has 28 heavy (non-hydrogen) atoms. The maximum absolute atomic E-state index is 12.7. The fourth-order valence-corrected chi connectivity index (χ4v) is 3.79. The van der Waals surface area contributed by atoms with Crippen molar-refractivity contribution in [3.8, 4) is 0 Å². The van der Waals surface area contributed by atoms with Gasteiger partial charge in [0.15, 0.2) is 0 Å². The second-order valence-corrected chi connectivity index (χ2v) is 7.92. The lowest BCUT2D eigenvalue weighted by atomic mass is 10.2. The number of carbonyl (C=O) groups excluding carboxylic acids is 1. The van der Waals surface area contributed by atoms with Gasteiger partial charge in [0.25, 0.3) is 5.76 Å². The van der Waals surface area contributed by atoms with E-state index < -0.39 is 5.76 Å². The zero-order chi connectivity index (χ0) is 19.9. The largest absolute Gasteiger partial charge is 0.374 e. The molecule has 0 saturated carbocycles. The topological polar surface area (TPSA) is 35.6 Å². The van der Waals surface area contributed by atoms with Gasteiger partial charge in [-0.05, 0) is 36.8 Å². The number of hydrogen-bond acceptors (Lipinski definition) is 4. The molecule has 1 atom stereocenters. The van der Waals surface area contributed by atoms with Gasteiger partial charge in [-0.1, -0.05) is 42.1 Å². The first-order valence-corrected chi connectivity index (χ1v) is 10.3. The Kier molecular flexibility index (Phi) is 7.28. The first-order chi connectivity index (χ1) is 13.5. The van der Waals surface area contributed by atoms with Gasteiger partial charge in [-0.2, -0.15) is 8.78 Å². The minimum Gasteiger partial charge on any atom is -0.374 e. The molecule has 1 heterocycles. The number of piperazine rings is 1. The standard InChI is InChI=1S/C21H25F2N3OS/c1-16(24-18-7-9-19(10-8-18)28-21(22)23)20(27)26-13-11-25(12-14-26)15-17-5-3-2-4-6-17/h2-10,16,21,24H,11-15H2,1H3/t16-/m1/s1. The van der Waals surface area contributed by atoms with E-state index in [0.717, 1.165) is 25.3 Å². The molecule has 4 nitrogen and oxygen atoms in total. The lowest BCUT2D eigenvalue weighted by molar-refractivity contribution is -0.133. The van der Waals surface area contributed by atoms with Crippen LogP contribution < -0.4 is 5.32 Å². The van der Waals surface area contributed by atoms with Gasteiger partial charge in [0.05, 0.1) is 0 Å². The first-order valence-electron chi connectivity index (χ1n) is 9.38. The number of amides is 1. The SMILES string of the molecule is C[C@@H](Nc1ccc(SC(F)F)cc1)C(=O)N1CCN(Cc2ccccc2)CC1. The molecule has 1 amide bonds. The zero-order valence-corrected chi connectivity index (χ0v) is 16.7. The van der Waals surface area contributed by atoms with Crippen molar-refractivity contribution in [2.24, 2.45) is 0 Å². The summed E-state index contributed by atoms with van der Waals surface area (Å²) in [6, 6.07) is 16.7. The normalized spacial score (nSPS) is 16.2. The summed E-state index contributed by atoms with van der Waals surface area (Å²) in [6.45, 7) is 5.86. The van der Waals surface area contributed by atoms with E-state index in [0.29, 0.717) is 29.7 Å². The lowest BCUT2D eigenvalue weighted by Crippen LogP contribution is -2.51. The Balaban J connectivity index is 1.46. The summed E-state index contributed by atoms with van der Waals surface area (Å²) in [5, 5.41) is 3.17. The summed E-state index contributed by atoms with van der Waals surface area (Å²) in [5.74, 6) is -2.37. The molecule has 1 aliphatic heterocycles. The smallest absolute Gasteiger partial charge is 0.288 e. The molecule has 0 radical (unpaired) electrons. The highest BCUT2D eigenvalue weighted by Gasteiger charge is 2.24. The highest BCUT2D eigenvalue weighted by Crippen LogP contribution is 2.26. The average molecular weight is 406 g/mol. The maximum Gasteiger partial charge on any atom is 0.288 e. The van der Waals surface area contributed by atoms with Crippen LogP contribution in [0, 0.1) is 0 Å². The molecular formula is C21H25F2N3OS. The number of anilines is 1. The van der Waals surface area contributed by atoms with Crippen LogP contribution in [0.25, 0.3) is 0 Å². The molecule has 0 aromatic heterocycles. The van der Waals surface area contributed by atoms with Crippen LogP contribution >= 0.6 is 11.8 Å². The maximum atomic E-state index is 12.7. The van der Waals surface area contributed by atoms with Crippen molar-refractivity contribution in [3.63, 3.8) is 0 Å². The van der Waals surface area contributed by atoms with Crippen molar-refractivity contribution in [1.29, 1.82) is 0 Å². The third-order valence-corrected chi connectivity index (χ3v) is 5.49. The number of rotatable bonds is 7. The molecule has 1 fully saturated rings. The Hall–Kier alpha value is -2.12. The summed E-state index contributed by atoms with van der Waals surface area (Å²) in [6.07, 6.45) is 0. The summed E-state index contributed by atoms with van der Waals surface area (Å²) >= 11 is 0.515. The summed E-state index contributed by atoms with van der Waals surface area (Å²) in [7, 11) is 0. The van der Waals surface area contributed by atoms with Gasteiger partial charge in [-0.25, -0.2) is 0 Å². The number of benzene rings is 2. The van der Waals surface area contributed by atoms with Crippen molar-refractivity contribution in [3.05, 3.63) is 60.2 Å². The summed E-state index contributed by atoms with van der Waals surface area (Å²) in [5.41, 5.74) is 2.04. The van der Waals surface area contributed by atoms with E-state index in [-0.39, 0.29) is 11.9 Å². The first kappa shape index (κ1) is 20.6. The average Bonchev–Trinajstić information content (AvgIpc) is 2.70. The number of hydrogen-bond donors (Lipinski definition) is 1. The number of carbonyl (C=O) groups is 1. The zero-order valence-electron chi connectivity index (χ0n) is 15.9. The molecule has 1 N–H and O–H groups in total. The molecule has 1 aliphatic rings. The monoisotopic (exact) mass is 405 g/mol. The van der Waals surface area contributed by atoms with Gasteiger partial charge < -0.3 is 10.2 Å². The van der Waals surface area contributed by atoms with Gasteiger partial charge >= 0.3 is 0 Å². The van der Waals surface area contributed by atoms with Gasteiger partial charge in [0.2, 0.25) is 5.91 Å². The van der Waals surface area contributed by atoms with Crippen molar-refractivity contribution < 1.29 is 13.6 Å². The molecule has 0 unspecified atom stereocenters. The van der Waals surface area contributed by atoms with Crippen molar-refractivity contribution in [2.75, 3.05) is 31.5 Å². The number of halogens is 2. The van der Waals surface area contributed by atoms with Gasteiger partial charge in [0, 0.05) is 43.3 Å². The Labute approximate surface area is 168 Å².